The summed E-state index contributed by atoms with van der Waals surface area (Å²) >= 11 is 6.82. The summed E-state index contributed by atoms with van der Waals surface area (Å²) < 4.78 is 2.12. The van der Waals surface area contributed by atoms with Crippen LogP contribution < -0.4 is 4.90 Å². The number of hydrogen-bond donors (Lipinski definition) is 0. The lowest BCUT2D eigenvalue weighted by atomic mass is 10.2. The maximum Gasteiger partial charge on any atom is 0.229 e. The molecule has 2 aromatic carbocycles. The Balaban J connectivity index is 0.00000320. The van der Waals surface area contributed by atoms with E-state index < -0.39 is 0 Å². The first-order chi connectivity index (χ1) is 13.9. The highest BCUT2D eigenvalue weighted by Gasteiger charge is 2.19. The third-order valence-corrected chi connectivity index (χ3v) is 7.01. The van der Waals surface area contributed by atoms with Crippen LogP contribution in [-0.2, 0) is 4.79 Å². The number of hydrogen-bond acceptors (Lipinski definition) is 5. The van der Waals surface area contributed by atoms with Crippen molar-refractivity contribution in [2.45, 2.75) is 24.7 Å². The van der Waals surface area contributed by atoms with Gasteiger partial charge in [0.15, 0.2) is 5.13 Å². The van der Waals surface area contributed by atoms with Crippen LogP contribution in [0.15, 0.2) is 51.8 Å². The molecule has 0 unspecified atom stereocenters. The topological polar surface area (TPSA) is 36.4 Å². The number of fused-ring (bicyclic) bond motifs is 1. The summed E-state index contributed by atoms with van der Waals surface area (Å²) in [4.78, 5) is 23.0. The van der Waals surface area contributed by atoms with Gasteiger partial charge in [0.05, 0.1) is 10.2 Å². The molecule has 3 rings (SSSR count). The van der Waals surface area contributed by atoms with Crippen LogP contribution in [0.1, 0.15) is 18.4 Å². The zero-order valence-electron chi connectivity index (χ0n) is 17.4. The molecule has 0 saturated heterocycles. The van der Waals surface area contributed by atoms with Gasteiger partial charge in [-0.3, -0.25) is 9.69 Å². The number of halogens is 2. The minimum Gasteiger partial charge on any atom is -0.309 e. The van der Waals surface area contributed by atoms with Gasteiger partial charge in [-0.25, -0.2) is 4.98 Å². The van der Waals surface area contributed by atoms with Crippen molar-refractivity contribution >= 4 is 72.7 Å². The molecule has 0 radical (unpaired) electrons. The van der Waals surface area contributed by atoms with E-state index in [1.54, 1.807) is 23.1 Å². The summed E-state index contributed by atoms with van der Waals surface area (Å²) in [5.74, 6) is 0.907. The van der Waals surface area contributed by atoms with Gasteiger partial charge in [0, 0.05) is 28.1 Å². The summed E-state index contributed by atoms with van der Waals surface area (Å²) in [6.07, 6.45) is 1.42. The zero-order valence-corrected chi connectivity index (χ0v) is 21.5. The van der Waals surface area contributed by atoms with Crippen LogP contribution in [0.3, 0.4) is 0 Å². The van der Waals surface area contributed by atoms with Crippen molar-refractivity contribution in [1.29, 1.82) is 0 Å². The molecule has 0 aliphatic carbocycles. The molecule has 1 heterocycles. The van der Waals surface area contributed by atoms with Gasteiger partial charge in [-0.15, -0.1) is 24.2 Å². The molecule has 0 aliphatic rings. The Bertz CT molecular complexity index is 963. The van der Waals surface area contributed by atoms with E-state index in [1.165, 1.54) is 10.5 Å². The van der Waals surface area contributed by atoms with Gasteiger partial charge in [-0.05, 0) is 64.3 Å². The molecule has 3 aromatic rings. The minimum atomic E-state index is 0. The maximum atomic E-state index is 13.1. The average Bonchev–Trinajstić information content (AvgIpc) is 3.09. The predicted octanol–water partition coefficient (Wildman–Crippen LogP) is 6.26. The molecule has 30 heavy (non-hydrogen) atoms. The number of anilines is 1. The molecule has 1 aromatic heterocycles. The normalized spacial score (nSPS) is 11.0. The van der Waals surface area contributed by atoms with Gasteiger partial charge in [0.1, 0.15) is 0 Å². The van der Waals surface area contributed by atoms with Gasteiger partial charge in [0.2, 0.25) is 5.91 Å². The fourth-order valence-corrected chi connectivity index (χ4v) is 5.30. The van der Waals surface area contributed by atoms with Crippen molar-refractivity contribution in [3.8, 4) is 0 Å². The van der Waals surface area contributed by atoms with Gasteiger partial charge in [-0.2, -0.15) is 0 Å². The van der Waals surface area contributed by atoms with E-state index in [4.69, 9.17) is 4.98 Å². The Labute approximate surface area is 201 Å². The third kappa shape index (κ3) is 7.24. The van der Waals surface area contributed by atoms with E-state index in [0.717, 1.165) is 38.5 Å². The van der Waals surface area contributed by atoms with Crippen LogP contribution in [0.4, 0.5) is 5.13 Å². The molecule has 4 nitrogen and oxygen atoms in total. The lowest BCUT2D eigenvalue weighted by Crippen LogP contribution is -2.33. The van der Waals surface area contributed by atoms with E-state index in [0.29, 0.717) is 13.0 Å². The van der Waals surface area contributed by atoms with Crippen LogP contribution in [0.2, 0.25) is 0 Å². The predicted molar refractivity (Wildman–Crippen MR) is 137 cm³/mol. The SMILES string of the molecule is Cc1ccc(SCCC(=O)N(CCCN(C)C)c2nc3ccc(Br)cc3s2)cc1.Cl. The van der Waals surface area contributed by atoms with Crippen LogP contribution in [0.5, 0.6) is 0 Å². The highest BCUT2D eigenvalue weighted by Crippen LogP contribution is 2.31. The van der Waals surface area contributed by atoms with Gasteiger partial charge < -0.3 is 4.90 Å². The van der Waals surface area contributed by atoms with E-state index in [2.05, 4.69) is 72.2 Å². The quantitative estimate of drug-likeness (QED) is 0.307. The summed E-state index contributed by atoms with van der Waals surface area (Å²) in [6, 6.07) is 14.5. The first-order valence-corrected chi connectivity index (χ1v) is 12.2. The number of thiazole rings is 1. The van der Waals surface area contributed by atoms with Crippen molar-refractivity contribution in [1.82, 2.24) is 9.88 Å². The Morgan fingerprint density at radius 2 is 1.87 bits per heavy atom. The second-order valence-electron chi connectivity index (χ2n) is 7.22. The number of carbonyl (C=O) groups excluding carboxylic acids is 1. The first-order valence-electron chi connectivity index (χ1n) is 9.63. The number of aryl methyl sites for hydroxylation is 1. The first kappa shape index (κ1) is 25.1. The Morgan fingerprint density at radius 3 is 2.57 bits per heavy atom. The van der Waals surface area contributed by atoms with Gasteiger partial charge >= 0.3 is 0 Å². The second kappa shape index (κ2) is 12.1. The second-order valence-corrected chi connectivity index (χ2v) is 10.3. The Morgan fingerprint density at radius 1 is 1.13 bits per heavy atom. The van der Waals surface area contributed by atoms with Crippen LogP contribution in [-0.4, -0.2) is 48.7 Å². The number of carbonyl (C=O) groups is 1. The molecule has 8 heteroatoms. The van der Waals surface area contributed by atoms with Gasteiger partial charge in [-0.1, -0.05) is 45.0 Å². The summed E-state index contributed by atoms with van der Waals surface area (Å²) in [6.45, 7) is 3.71. The number of nitrogens with zero attached hydrogens (tertiary/aromatic N) is 3. The number of thioether (sulfide) groups is 1. The molecule has 162 valence electrons. The van der Waals surface area contributed by atoms with Crippen molar-refractivity contribution in [2.24, 2.45) is 0 Å². The number of rotatable bonds is 9. The molecule has 0 atom stereocenters. The van der Waals surface area contributed by atoms with Crippen molar-refractivity contribution < 1.29 is 4.79 Å². The Hall–Kier alpha value is -1.12. The van der Waals surface area contributed by atoms with Crippen molar-refractivity contribution in [3.63, 3.8) is 0 Å². The molecular weight excluding hydrogens is 502 g/mol. The number of benzene rings is 2. The highest BCUT2D eigenvalue weighted by atomic mass is 79.9. The molecular formula is C22H27BrClN3OS2. The fraction of sp³-hybridized carbons (Fsp3) is 0.364. The number of amides is 1. The lowest BCUT2D eigenvalue weighted by Gasteiger charge is -2.21. The lowest BCUT2D eigenvalue weighted by molar-refractivity contribution is -0.118. The maximum absolute atomic E-state index is 13.1. The molecule has 1 amide bonds. The highest BCUT2D eigenvalue weighted by molar-refractivity contribution is 9.10. The summed E-state index contributed by atoms with van der Waals surface area (Å²) in [5, 5.41) is 0.794. The van der Waals surface area contributed by atoms with E-state index in [9.17, 15) is 4.79 Å². The van der Waals surface area contributed by atoms with Crippen LogP contribution in [0, 0.1) is 6.92 Å². The largest absolute Gasteiger partial charge is 0.309 e. The molecule has 0 aliphatic heterocycles. The smallest absolute Gasteiger partial charge is 0.229 e. The molecule has 0 bridgehead atoms. The third-order valence-electron chi connectivity index (χ3n) is 4.46. The molecule has 0 spiro atoms. The average molecular weight is 529 g/mol. The van der Waals surface area contributed by atoms with Crippen LogP contribution >= 0.6 is 51.4 Å². The van der Waals surface area contributed by atoms with Crippen LogP contribution in [0.25, 0.3) is 10.2 Å². The minimum absolute atomic E-state index is 0. The number of aromatic nitrogens is 1. The molecule has 0 fully saturated rings. The van der Waals surface area contributed by atoms with E-state index >= 15 is 0 Å². The Kier molecular flexibility index (Phi) is 10.1. The molecule has 0 saturated carbocycles. The van der Waals surface area contributed by atoms with Crippen molar-refractivity contribution in [2.75, 3.05) is 37.8 Å². The monoisotopic (exact) mass is 527 g/mol. The van der Waals surface area contributed by atoms with Gasteiger partial charge in [0.25, 0.3) is 0 Å². The standard InChI is InChI=1S/C22H26BrN3OS2.ClH/c1-16-5-8-18(9-6-16)28-14-11-21(27)26(13-4-12-25(2)3)22-24-19-10-7-17(23)15-20(19)29-22;/h5-10,15H,4,11-14H2,1-3H3;1H. The summed E-state index contributed by atoms with van der Waals surface area (Å²) in [7, 11) is 4.11. The molecule has 0 N–H and O–H groups in total. The van der Waals surface area contributed by atoms with E-state index in [1.807, 2.05) is 17.0 Å². The fourth-order valence-electron chi connectivity index (χ4n) is 2.90. The summed E-state index contributed by atoms with van der Waals surface area (Å²) in [5.41, 5.74) is 2.19. The van der Waals surface area contributed by atoms with Crippen molar-refractivity contribution in [3.05, 3.63) is 52.5 Å². The zero-order chi connectivity index (χ0) is 20.8. The van der Waals surface area contributed by atoms with E-state index in [-0.39, 0.29) is 18.3 Å².